The maximum Gasteiger partial charge on any atom is 0.422 e. The van der Waals surface area contributed by atoms with E-state index in [-0.39, 0.29) is 18.8 Å². The van der Waals surface area contributed by atoms with Crippen molar-refractivity contribution < 1.29 is 27.4 Å². The lowest BCUT2D eigenvalue weighted by Crippen LogP contribution is -2.19. The number of benzene rings is 1. The van der Waals surface area contributed by atoms with Gasteiger partial charge >= 0.3 is 12.1 Å². The van der Waals surface area contributed by atoms with Crippen molar-refractivity contribution in [1.82, 2.24) is 19.6 Å². The average Bonchev–Trinajstić information content (AvgIpc) is 3.07. The first-order chi connectivity index (χ1) is 14.2. The number of rotatable bonds is 8. The topological polar surface area (TPSA) is 78.6 Å². The number of fused-ring (bicyclic) bond motifs is 1. The molecule has 0 unspecified atom stereocenters. The molecule has 0 saturated carbocycles. The maximum absolute atomic E-state index is 12.1. The monoisotopic (exact) mass is 422 g/mol. The fourth-order valence-electron chi connectivity index (χ4n) is 2.82. The molecule has 0 N–H and O–H groups in total. The van der Waals surface area contributed by atoms with Gasteiger partial charge in [-0.05, 0) is 44.0 Å². The second-order valence-corrected chi connectivity index (χ2v) is 6.83. The minimum Gasteiger partial charge on any atom is -0.484 e. The molecule has 0 fully saturated rings. The second-order valence-electron chi connectivity index (χ2n) is 6.83. The Morgan fingerprint density at radius 1 is 1.13 bits per heavy atom. The summed E-state index contributed by atoms with van der Waals surface area (Å²) in [6.07, 6.45) is -3.27. The number of aromatic nitrogens is 4. The highest BCUT2D eigenvalue weighted by atomic mass is 19.4. The predicted molar refractivity (Wildman–Crippen MR) is 101 cm³/mol. The highest BCUT2D eigenvalue weighted by Gasteiger charge is 2.28. The van der Waals surface area contributed by atoms with Crippen LogP contribution in [0.5, 0.6) is 5.75 Å². The molecule has 2 aromatic heterocycles. The Morgan fingerprint density at radius 3 is 2.57 bits per heavy atom. The molecule has 160 valence electrons. The zero-order valence-corrected chi connectivity index (χ0v) is 16.6. The van der Waals surface area contributed by atoms with Crippen LogP contribution in [-0.2, 0) is 22.4 Å². The summed E-state index contributed by atoms with van der Waals surface area (Å²) in [5, 5.41) is 4.40. The molecule has 10 heteroatoms. The van der Waals surface area contributed by atoms with Gasteiger partial charge in [0, 0.05) is 17.8 Å². The van der Waals surface area contributed by atoms with E-state index >= 15 is 0 Å². The summed E-state index contributed by atoms with van der Waals surface area (Å²) in [7, 11) is 0. The van der Waals surface area contributed by atoms with Gasteiger partial charge in [0.2, 0.25) is 0 Å². The molecular weight excluding hydrogens is 401 g/mol. The Hall–Kier alpha value is -3.17. The Kier molecular flexibility index (Phi) is 6.53. The van der Waals surface area contributed by atoms with E-state index in [1.165, 1.54) is 24.3 Å². The van der Waals surface area contributed by atoms with E-state index in [4.69, 9.17) is 4.74 Å². The highest BCUT2D eigenvalue weighted by molar-refractivity contribution is 5.72. The molecule has 0 radical (unpaired) electrons. The summed E-state index contributed by atoms with van der Waals surface area (Å²) in [6, 6.07) is 7.76. The van der Waals surface area contributed by atoms with E-state index in [2.05, 4.69) is 19.8 Å². The Balaban J connectivity index is 1.41. The number of ether oxygens (including phenoxy) is 2. The van der Waals surface area contributed by atoms with Crippen LogP contribution >= 0.6 is 0 Å². The predicted octanol–water partition coefficient (Wildman–Crippen LogP) is 3.40. The number of esters is 1. The summed E-state index contributed by atoms with van der Waals surface area (Å²) >= 11 is 0. The molecule has 0 spiro atoms. The number of alkyl halides is 3. The average molecular weight is 422 g/mol. The molecule has 0 aliphatic heterocycles. The van der Waals surface area contributed by atoms with Gasteiger partial charge in [0.25, 0.3) is 5.78 Å². The molecule has 30 heavy (non-hydrogen) atoms. The molecule has 3 rings (SSSR count). The van der Waals surface area contributed by atoms with E-state index in [0.29, 0.717) is 30.0 Å². The SMILES string of the molecule is Cc1cc(C)n2nc(CCCOC(=O)Cc3ccc(OCC(F)(F)F)cc3)nc2n1. The van der Waals surface area contributed by atoms with Crippen molar-refractivity contribution in [1.29, 1.82) is 0 Å². The maximum atomic E-state index is 12.1. The lowest BCUT2D eigenvalue weighted by atomic mass is 10.1. The number of hydrogen-bond donors (Lipinski definition) is 0. The molecule has 0 saturated heterocycles. The highest BCUT2D eigenvalue weighted by Crippen LogP contribution is 2.19. The van der Waals surface area contributed by atoms with Crippen LogP contribution in [0.3, 0.4) is 0 Å². The second kappa shape index (κ2) is 9.10. The quantitative estimate of drug-likeness (QED) is 0.409. The van der Waals surface area contributed by atoms with Gasteiger partial charge in [-0.15, -0.1) is 5.10 Å². The third-order valence-electron chi connectivity index (χ3n) is 4.14. The fraction of sp³-hybridized carbons (Fsp3) is 0.400. The first-order valence-corrected chi connectivity index (χ1v) is 9.33. The largest absolute Gasteiger partial charge is 0.484 e. The summed E-state index contributed by atoms with van der Waals surface area (Å²) in [5.41, 5.74) is 2.43. The third kappa shape index (κ3) is 6.16. The Bertz CT molecular complexity index is 1020. The standard InChI is InChI=1S/C20H21F3N4O3/c1-13-10-14(2)27-19(24-13)25-17(26-27)4-3-9-29-18(28)11-15-5-7-16(8-6-15)30-12-20(21,22)23/h5-8,10H,3-4,9,11-12H2,1-2H3. The van der Waals surface area contributed by atoms with Crippen LogP contribution in [0.1, 0.15) is 29.2 Å². The third-order valence-corrected chi connectivity index (χ3v) is 4.14. The number of carbonyl (C=O) groups is 1. The normalized spacial score (nSPS) is 11.6. The molecule has 7 nitrogen and oxygen atoms in total. The zero-order valence-electron chi connectivity index (χ0n) is 16.6. The molecule has 2 heterocycles. The van der Waals surface area contributed by atoms with Gasteiger partial charge in [0.1, 0.15) is 5.75 Å². The number of nitrogens with zero attached hydrogens (tertiary/aromatic N) is 4. The van der Waals surface area contributed by atoms with Crippen molar-refractivity contribution in [2.24, 2.45) is 0 Å². The first kappa shape index (κ1) is 21.5. The number of halogens is 3. The molecule has 0 amide bonds. The number of hydrogen-bond acceptors (Lipinski definition) is 6. The van der Waals surface area contributed by atoms with Crippen molar-refractivity contribution in [3.8, 4) is 5.75 Å². The molecule has 0 atom stereocenters. The molecule has 3 aromatic rings. The van der Waals surface area contributed by atoms with E-state index in [9.17, 15) is 18.0 Å². The van der Waals surface area contributed by atoms with Gasteiger partial charge in [0.15, 0.2) is 12.4 Å². The zero-order chi connectivity index (χ0) is 21.7. The molecule has 0 bridgehead atoms. The molecule has 0 aliphatic rings. The number of carbonyl (C=O) groups excluding carboxylic acids is 1. The van der Waals surface area contributed by atoms with Gasteiger partial charge in [-0.3, -0.25) is 4.79 Å². The smallest absolute Gasteiger partial charge is 0.422 e. The van der Waals surface area contributed by atoms with Gasteiger partial charge < -0.3 is 9.47 Å². The van der Waals surface area contributed by atoms with Crippen LogP contribution in [0.2, 0.25) is 0 Å². The van der Waals surface area contributed by atoms with Crippen LogP contribution in [-0.4, -0.2) is 44.9 Å². The van der Waals surface area contributed by atoms with Gasteiger partial charge in [-0.1, -0.05) is 12.1 Å². The van der Waals surface area contributed by atoms with Crippen LogP contribution in [0.25, 0.3) is 5.78 Å². The van der Waals surface area contributed by atoms with Gasteiger partial charge in [0.05, 0.1) is 13.0 Å². The van der Waals surface area contributed by atoms with Gasteiger partial charge in [-0.2, -0.15) is 18.2 Å². The minimum atomic E-state index is -4.39. The van der Waals surface area contributed by atoms with Crippen LogP contribution in [0.15, 0.2) is 30.3 Å². The van der Waals surface area contributed by atoms with Crippen molar-refractivity contribution >= 4 is 11.7 Å². The van der Waals surface area contributed by atoms with E-state index in [0.717, 1.165) is 11.4 Å². The molecule has 1 aromatic carbocycles. The first-order valence-electron chi connectivity index (χ1n) is 9.33. The molecule has 0 aliphatic carbocycles. The lowest BCUT2D eigenvalue weighted by Gasteiger charge is -2.09. The molecular formula is C20H21F3N4O3. The number of aryl methyl sites for hydroxylation is 3. The fourth-order valence-corrected chi connectivity index (χ4v) is 2.82. The van der Waals surface area contributed by atoms with E-state index in [1.807, 2.05) is 19.9 Å². The summed E-state index contributed by atoms with van der Waals surface area (Å²) in [6.45, 7) is 2.68. The Morgan fingerprint density at radius 2 is 1.87 bits per heavy atom. The van der Waals surface area contributed by atoms with Crippen molar-refractivity contribution in [2.75, 3.05) is 13.2 Å². The Labute approximate surface area is 170 Å². The summed E-state index contributed by atoms with van der Waals surface area (Å²) < 4.78 is 47.9. The lowest BCUT2D eigenvalue weighted by molar-refractivity contribution is -0.153. The van der Waals surface area contributed by atoms with Crippen LogP contribution in [0, 0.1) is 13.8 Å². The van der Waals surface area contributed by atoms with Crippen LogP contribution < -0.4 is 4.74 Å². The van der Waals surface area contributed by atoms with Crippen molar-refractivity contribution in [2.45, 2.75) is 39.3 Å². The van der Waals surface area contributed by atoms with Crippen LogP contribution in [0.4, 0.5) is 13.2 Å². The van der Waals surface area contributed by atoms with E-state index < -0.39 is 18.8 Å². The van der Waals surface area contributed by atoms with Gasteiger partial charge in [-0.25, -0.2) is 9.50 Å². The summed E-state index contributed by atoms with van der Waals surface area (Å²) in [4.78, 5) is 20.6. The van der Waals surface area contributed by atoms with E-state index in [1.54, 1.807) is 4.52 Å². The van der Waals surface area contributed by atoms with Crippen molar-refractivity contribution in [3.63, 3.8) is 0 Å². The van der Waals surface area contributed by atoms with Crippen molar-refractivity contribution in [3.05, 3.63) is 53.1 Å². The minimum absolute atomic E-state index is 0.0224. The summed E-state index contributed by atoms with van der Waals surface area (Å²) in [5.74, 6) is 0.836.